The highest BCUT2D eigenvalue weighted by molar-refractivity contribution is 9.10. The second kappa shape index (κ2) is 10.3. The van der Waals surface area contributed by atoms with Gasteiger partial charge in [0.1, 0.15) is 18.0 Å². The molecule has 4 rings (SSSR count). The number of thioether (sulfide) groups is 1. The molecule has 1 aliphatic heterocycles. The zero-order chi connectivity index (χ0) is 23.4. The molecule has 0 radical (unpaired) electrons. The van der Waals surface area contributed by atoms with Crippen LogP contribution in [0, 0.1) is 5.82 Å². The summed E-state index contributed by atoms with van der Waals surface area (Å²) in [6.45, 7) is 1.32. The predicted octanol–water partition coefficient (Wildman–Crippen LogP) is 4.15. The van der Waals surface area contributed by atoms with Crippen LogP contribution in [0.15, 0.2) is 41.1 Å². The number of fused-ring (bicyclic) bond motifs is 1. The number of ether oxygens (including phenoxy) is 2. The van der Waals surface area contributed by atoms with Crippen molar-refractivity contribution in [1.82, 2.24) is 14.9 Å². The summed E-state index contributed by atoms with van der Waals surface area (Å²) in [5.41, 5.74) is 0.872. The highest BCUT2D eigenvalue weighted by Gasteiger charge is 2.26. The minimum atomic E-state index is -0.450. The monoisotopic (exact) mass is 534 g/mol. The number of anilines is 2. The molecule has 0 spiro atoms. The summed E-state index contributed by atoms with van der Waals surface area (Å²) >= 11 is 4.30. The zero-order valence-corrected chi connectivity index (χ0v) is 20.0. The third-order valence-corrected chi connectivity index (χ3v) is 6.31. The summed E-state index contributed by atoms with van der Waals surface area (Å²) < 4.78 is 26.3. The highest BCUT2D eigenvalue weighted by Crippen LogP contribution is 2.35. The number of hydrogen-bond acceptors (Lipinski definition) is 8. The maximum Gasteiger partial charge on any atom is 0.301 e. The van der Waals surface area contributed by atoms with Gasteiger partial charge in [-0.05, 0) is 30.7 Å². The first-order valence-electron chi connectivity index (χ1n) is 10.1. The summed E-state index contributed by atoms with van der Waals surface area (Å²) in [6.07, 6.45) is 1.94. The predicted molar refractivity (Wildman–Crippen MR) is 128 cm³/mol. The van der Waals surface area contributed by atoms with Gasteiger partial charge in [0.15, 0.2) is 11.5 Å². The van der Waals surface area contributed by atoms with E-state index in [0.29, 0.717) is 64.6 Å². The van der Waals surface area contributed by atoms with E-state index >= 15 is 0 Å². The van der Waals surface area contributed by atoms with Crippen LogP contribution in [0.2, 0.25) is 0 Å². The van der Waals surface area contributed by atoms with Crippen molar-refractivity contribution in [2.75, 3.05) is 37.9 Å². The van der Waals surface area contributed by atoms with Gasteiger partial charge in [-0.2, -0.15) is 0 Å². The van der Waals surface area contributed by atoms with Crippen molar-refractivity contribution in [3.05, 3.63) is 46.9 Å². The first-order chi connectivity index (χ1) is 16.0. The molecule has 1 aliphatic rings. The van der Waals surface area contributed by atoms with Crippen molar-refractivity contribution in [2.24, 2.45) is 0 Å². The van der Waals surface area contributed by atoms with Crippen LogP contribution in [-0.4, -0.2) is 58.4 Å². The Hall–Kier alpha value is -2.92. The second-order valence-corrected chi connectivity index (χ2v) is 9.11. The fourth-order valence-corrected chi connectivity index (χ4v) is 4.43. The molecule has 2 heterocycles. The van der Waals surface area contributed by atoms with Gasteiger partial charge in [0.2, 0.25) is 0 Å². The smallest absolute Gasteiger partial charge is 0.301 e. The molecule has 0 unspecified atom stereocenters. The molecule has 3 aromatic rings. The Balaban J connectivity index is 1.48. The van der Waals surface area contributed by atoms with Gasteiger partial charge in [-0.15, -0.1) is 0 Å². The zero-order valence-electron chi connectivity index (χ0n) is 17.6. The molecule has 8 nitrogen and oxygen atoms in total. The maximum atomic E-state index is 14.3. The van der Waals surface area contributed by atoms with Crippen LogP contribution in [-0.2, 0) is 9.59 Å². The Bertz CT molecular complexity index is 1210. The van der Waals surface area contributed by atoms with Gasteiger partial charge in [0, 0.05) is 34.8 Å². The molecule has 1 fully saturated rings. The lowest BCUT2D eigenvalue weighted by molar-refractivity contribution is -0.140. The minimum Gasteiger partial charge on any atom is -0.493 e. The highest BCUT2D eigenvalue weighted by atomic mass is 79.9. The maximum absolute atomic E-state index is 14.3. The summed E-state index contributed by atoms with van der Waals surface area (Å²) in [5.74, 6) is 1.13. The van der Waals surface area contributed by atoms with Crippen LogP contribution in [0.5, 0.6) is 11.5 Å². The number of rotatable bonds is 8. The number of benzene rings is 2. The number of nitrogens with one attached hydrogen (secondary N) is 1. The molecule has 172 valence electrons. The van der Waals surface area contributed by atoms with Crippen LogP contribution in [0.3, 0.4) is 0 Å². The van der Waals surface area contributed by atoms with Gasteiger partial charge in [0.05, 0.1) is 24.9 Å². The van der Waals surface area contributed by atoms with Gasteiger partial charge < -0.3 is 19.7 Å². The van der Waals surface area contributed by atoms with Gasteiger partial charge in [-0.25, -0.2) is 14.4 Å². The number of nitrogens with zero attached hydrogens (tertiary/aromatic N) is 3. The summed E-state index contributed by atoms with van der Waals surface area (Å²) in [7, 11) is 1.52. The van der Waals surface area contributed by atoms with Crippen molar-refractivity contribution in [2.45, 2.75) is 6.42 Å². The van der Waals surface area contributed by atoms with E-state index in [4.69, 9.17) is 9.47 Å². The average molecular weight is 535 g/mol. The number of halogens is 2. The van der Waals surface area contributed by atoms with E-state index < -0.39 is 16.8 Å². The van der Waals surface area contributed by atoms with E-state index in [1.165, 1.54) is 19.5 Å². The lowest BCUT2D eigenvalue weighted by Crippen LogP contribution is -2.42. The number of carbonyl (C=O) groups excluding carboxylic acids is 2. The molecule has 0 aliphatic carbocycles. The van der Waals surface area contributed by atoms with E-state index in [1.807, 2.05) is 0 Å². The topological polar surface area (TPSA) is 93.7 Å². The summed E-state index contributed by atoms with van der Waals surface area (Å²) in [4.78, 5) is 33.5. The summed E-state index contributed by atoms with van der Waals surface area (Å²) in [5, 5.41) is 3.23. The Labute approximate surface area is 202 Å². The molecular formula is C22H20BrFN4O4S. The molecule has 0 atom stereocenters. The lowest BCUT2D eigenvalue weighted by Gasteiger charge is -2.25. The Kier molecular flexibility index (Phi) is 7.29. The van der Waals surface area contributed by atoms with Crippen LogP contribution >= 0.6 is 27.7 Å². The van der Waals surface area contributed by atoms with E-state index in [9.17, 15) is 14.0 Å². The summed E-state index contributed by atoms with van der Waals surface area (Å²) in [6, 6.07) is 8.17. The second-order valence-electron chi connectivity index (χ2n) is 7.12. The third-order valence-electron chi connectivity index (χ3n) is 4.99. The number of aromatic nitrogens is 2. The van der Waals surface area contributed by atoms with Gasteiger partial charge >= 0.3 is 5.91 Å². The van der Waals surface area contributed by atoms with E-state index in [0.717, 1.165) is 11.8 Å². The van der Waals surface area contributed by atoms with Crippen molar-refractivity contribution >= 4 is 61.1 Å². The lowest BCUT2D eigenvalue weighted by atomic mass is 10.2. The molecule has 11 heteroatoms. The van der Waals surface area contributed by atoms with Crippen molar-refractivity contribution in [3.8, 4) is 11.5 Å². The van der Waals surface area contributed by atoms with Crippen molar-refractivity contribution in [1.29, 1.82) is 0 Å². The van der Waals surface area contributed by atoms with E-state index in [2.05, 4.69) is 31.2 Å². The molecule has 33 heavy (non-hydrogen) atoms. The van der Waals surface area contributed by atoms with Crippen LogP contribution in [0.1, 0.15) is 6.42 Å². The normalized spacial score (nSPS) is 14.0. The average Bonchev–Trinajstić information content (AvgIpc) is 2.80. The van der Waals surface area contributed by atoms with Crippen LogP contribution < -0.4 is 14.8 Å². The number of amides is 1. The van der Waals surface area contributed by atoms with Crippen molar-refractivity contribution in [3.63, 3.8) is 0 Å². The first kappa shape index (κ1) is 23.2. The Morgan fingerprint density at radius 1 is 1.21 bits per heavy atom. The van der Waals surface area contributed by atoms with Crippen molar-refractivity contribution < 1.29 is 23.5 Å². The SMILES string of the molecule is COc1cc2c(Nc3ccc(Br)cc3F)ncnc2cc1OCCCN1CCSC(=O)C1=O. The Morgan fingerprint density at radius 2 is 2.06 bits per heavy atom. The molecular weight excluding hydrogens is 515 g/mol. The molecule has 0 saturated carbocycles. The van der Waals surface area contributed by atoms with Gasteiger partial charge in [-0.3, -0.25) is 9.59 Å². The number of hydrogen-bond donors (Lipinski definition) is 1. The third kappa shape index (κ3) is 5.36. The molecule has 1 saturated heterocycles. The number of carbonyl (C=O) groups is 2. The fourth-order valence-electron chi connectivity index (χ4n) is 3.35. The van der Waals surface area contributed by atoms with Gasteiger partial charge in [-0.1, -0.05) is 27.7 Å². The standard InChI is InChI=1S/C22H20BrFN4O4S/c1-31-18-10-14-17(25-12-26-20(14)27-16-4-3-13(23)9-15(16)24)11-19(18)32-7-2-5-28-6-8-33-22(30)21(28)29/h3-4,9-12H,2,5-8H2,1H3,(H,25,26,27). The molecule has 1 aromatic heterocycles. The largest absolute Gasteiger partial charge is 0.493 e. The Morgan fingerprint density at radius 3 is 2.85 bits per heavy atom. The van der Waals surface area contributed by atoms with Gasteiger partial charge in [0.25, 0.3) is 5.12 Å². The van der Waals surface area contributed by atoms with Crippen LogP contribution in [0.25, 0.3) is 10.9 Å². The van der Waals surface area contributed by atoms with E-state index in [-0.39, 0.29) is 5.69 Å². The quantitative estimate of drug-likeness (QED) is 0.340. The first-order valence-corrected chi connectivity index (χ1v) is 11.9. The van der Waals surface area contributed by atoms with Crippen LogP contribution in [0.4, 0.5) is 15.9 Å². The molecule has 0 bridgehead atoms. The number of methoxy groups -OCH3 is 1. The minimum absolute atomic E-state index is 0.279. The molecule has 2 aromatic carbocycles. The molecule has 1 amide bonds. The van der Waals surface area contributed by atoms with E-state index in [1.54, 1.807) is 29.2 Å². The molecule has 1 N–H and O–H groups in total. The fraction of sp³-hybridized carbons (Fsp3) is 0.273.